The Morgan fingerprint density at radius 1 is 0.800 bits per heavy atom. The van der Waals surface area contributed by atoms with E-state index >= 15 is 0 Å². The topological polar surface area (TPSA) is 78.7 Å². The highest BCUT2D eigenvalue weighted by atomic mass is 16.2. The summed E-state index contributed by atoms with van der Waals surface area (Å²) >= 11 is 0. The number of aromatic amines is 1. The molecule has 1 N–H and O–H groups in total. The molecule has 0 aliphatic heterocycles. The minimum absolute atomic E-state index is 0.384. The molecule has 0 amide bonds. The maximum absolute atomic E-state index is 13.3. The number of hydrogen-bond acceptors (Lipinski definition) is 3. The Bertz CT molecular complexity index is 1600. The third-order valence-electron chi connectivity index (χ3n) is 5.26. The molecule has 5 nitrogen and oxygen atoms in total. The highest BCUT2D eigenvalue weighted by Gasteiger charge is 2.13. The van der Waals surface area contributed by atoms with Crippen LogP contribution in [-0.2, 0) is 0 Å². The Morgan fingerprint density at radius 3 is 2.43 bits per heavy atom. The number of nitrogens with one attached hydrogen (secondary N) is 1. The fourth-order valence-electron chi connectivity index (χ4n) is 3.84. The molecule has 30 heavy (non-hydrogen) atoms. The van der Waals surface area contributed by atoms with Crippen LogP contribution in [0.4, 0.5) is 0 Å². The predicted octanol–water partition coefficient (Wildman–Crippen LogP) is 4.37. The third kappa shape index (κ3) is 2.71. The van der Waals surface area contributed by atoms with Crippen molar-refractivity contribution in [3.05, 3.63) is 111 Å². The number of H-pyrrole nitrogens is 1. The molecule has 0 spiro atoms. The van der Waals surface area contributed by atoms with Crippen molar-refractivity contribution in [2.24, 2.45) is 0 Å². The van der Waals surface area contributed by atoms with Crippen LogP contribution in [0, 0.1) is 11.3 Å². The van der Waals surface area contributed by atoms with E-state index in [1.807, 2.05) is 48.5 Å². The van der Waals surface area contributed by atoms with Gasteiger partial charge in [0.2, 0.25) is 0 Å². The predicted molar refractivity (Wildman–Crippen MR) is 118 cm³/mol. The van der Waals surface area contributed by atoms with Crippen molar-refractivity contribution in [1.82, 2.24) is 9.55 Å². The van der Waals surface area contributed by atoms with Crippen molar-refractivity contribution < 1.29 is 0 Å². The Hall–Kier alpha value is -4.43. The van der Waals surface area contributed by atoms with Crippen LogP contribution in [0.5, 0.6) is 0 Å². The van der Waals surface area contributed by atoms with Gasteiger partial charge in [-0.2, -0.15) is 5.26 Å². The molecule has 142 valence electrons. The summed E-state index contributed by atoms with van der Waals surface area (Å²) in [4.78, 5) is 29.0. The van der Waals surface area contributed by atoms with Crippen LogP contribution in [0.1, 0.15) is 5.56 Å². The SMILES string of the molecule is N#Cc1ccccc1-c1ccc2c(=O)n(-c3cccc4ccccc34)c(=O)[nH]c2c1. The van der Waals surface area contributed by atoms with Gasteiger partial charge in [0.15, 0.2) is 0 Å². The first-order chi connectivity index (χ1) is 14.7. The van der Waals surface area contributed by atoms with Gasteiger partial charge in [-0.05, 0) is 40.8 Å². The number of fused-ring (bicyclic) bond motifs is 2. The molecule has 0 radical (unpaired) electrons. The minimum Gasteiger partial charge on any atom is -0.306 e. The monoisotopic (exact) mass is 389 g/mol. The largest absolute Gasteiger partial charge is 0.333 e. The minimum atomic E-state index is -0.505. The van der Waals surface area contributed by atoms with E-state index in [-0.39, 0.29) is 5.56 Å². The third-order valence-corrected chi connectivity index (χ3v) is 5.26. The normalized spacial score (nSPS) is 10.9. The zero-order valence-corrected chi connectivity index (χ0v) is 15.8. The number of nitriles is 1. The molecule has 0 atom stereocenters. The molecule has 4 aromatic carbocycles. The molecule has 0 bridgehead atoms. The van der Waals surface area contributed by atoms with Gasteiger partial charge < -0.3 is 4.98 Å². The lowest BCUT2D eigenvalue weighted by Crippen LogP contribution is -2.33. The average molecular weight is 389 g/mol. The van der Waals surface area contributed by atoms with Crippen molar-refractivity contribution >= 4 is 21.7 Å². The van der Waals surface area contributed by atoms with Crippen LogP contribution in [0.15, 0.2) is 94.5 Å². The van der Waals surface area contributed by atoms with Crippen molar-refractivity contribution in [3.8, 4) is 22.9 Å². The van der Waals surface area contributed by atoms with Crippen LogP contribution in [-0.4, -0.2) is 9.55 Å². The molecule has 0 aliphatic carbocycles. The lowest BCUT2D eigenvalue weighted by Gasteiger charge is -2.11. The standard InChI is InChI=1S/C25H15N3O2/c26-15-18-7-2-3-9-19(18)17-12-13-21-22(14-17)27-25(30)28(24(21)29)23-11-5-8-16-6-1-4-10-20(16)23/h1-14H,(H,27,30). The Labute approximate surface area is 171 Å². The van der Waals surface area contributed by atoms with Crippen molar-refractivity contribution in [3.63, 3.8) is 0 Å². The van der Waals surface area contributed by atoms with Crippen molar-refractivity contribution in [1.29, 1.82) is 5.26 Å². The summed E-state index contributed by atoms with van der Waals surface area (Å²) in [6.45, 7) is 0. The number of aromatic nitrogens is 2. The fraction of sp³-hybridized carbons (Fsp3) is 0. The Morgan fingerprint density at radius 2 is 1.57 bits per heavy atom. The van der Waals surface area contributed by atoms with E-state index in [1.54, 1.807) is 36.4 Å². The van der Waals surface area contributed by atoms with Gasteiger partial charge in [0, 0.05) is 5.39 Å². The first-order valence-electron chi connectivity index (χ1n) is 9.44. The van der Waals surface area contributed by atoms with Gasteiger partial charge in [0.05, 0.1) is 28.2 Å². The van der Waals surface area contributed by atoms with Gasteiger partial charge in [-0.25, -0.2) is 9.36 Å². The van der Waals surface area contributed by atoms with Gasteiger partial charge in [-0.1, -0.05) is 60.7 Å². The molecule has 1 aromatic heterocycles. The average Bonchev–Trinajstić information content (AvgIpc) is 2.79. The fourth-order valence-corrected chi connectivity index (χ4v) is 3.84. The first kappa shape index (κ1) is 17.7. The number of hydrogen-bond donors (Lipinski definition) is 1. The summed E-state index contributed by atoms with van der Waals surface area (Å²) in [5, 5.41) is 11.5. The van der Waals surface area contributed by atoms with E-state index in [4.69, 9.17) is 0 Å². The molecule has 5 aromatic rings. The van der Waals surface area contributed by atoms with Crippen LogP contribution >= 0.6 is 0 Å². The summed E-state index contributed by atoms with van der Waals surface area (Å²) < 4.78 is 1.17. The first-order valence-corrected chi connectivity index (χ1v) is 9.44. The molecule has 0 unspecified atom stereocenters. The van der Waals surface area contributed by atoms with Gasteiger partial charge in [0.1, 0.15) is 0 Å². The molecule has 0 saturated carbocycles. The highest BCUT2D eigenvalue weighted by molar-refractivity contribution is 5.91. The number of rotatable bonds is 2. The smallest absolute Gasteiger partial charge is 0.306 e. The van der Waals surface area contributed by atoms with Crippen molar-refractivity contribution in [2.75, 3.05) is 0 Å². The molecule has 1 heterocycles. The molecule has 5 rings (SSSR count). The van der Waals surface area contributed by atoms with E-state index in [0.29, 0.717) is 22.2 Å². The lowest BCUT2D eigenvalue weighted by molar-refractivity contribution is 0.908. The van der Waals surface area contributed by atoms with Crippen molar-refractivity contribution in [2.45, 2.75) is 0 Å². The maximum Gasteiger partial charge on any atom is 0.333 e. The summed E-state index contributed by atoms with van der Waals surface area (Å²) in [7, 11) is 0. The van der Waals surface area contributed by atoms with E-state index in [1.165, 1.54) is 4.57 Å². The van der Waals surface area contributed by atoms with E-state index in [2.05, 4.69) is 11.1 Å². The highest BCUT2D eigenvalue weighted by Crippen LogP contribution is 2.26. The van der Waals surface area contributed by atoms with Crippen LogP contribution in [0.3, 0.4) is 0 Å². The van der Waals surface area contributed by atoms with Crippen LogP contribution < -0.4 is 11.2 Å². The second kappa shape index (κ2) is 6.87. The second-order valence-electron chi connectivity index (χ2n) is 6.99. The Kier molecular flexibility index (Phi) is 4.04. The molecular formula is C25H15N3O2. The van der Waals surface area contributed by atoms with Gasteiger partial charge >= 0.3 is 5.69 Å². The summed E-state index contributed by atoms with van der Waals surface area (Å²) in [6, 6.07) is 27.8. The van der Waals surface area contributed by atoms with E-state index in [9.17, 15) is 14.9 Å². The summed E-state index contributed by atoms with van der Waals surface area (Å²) in [6.07, 6.45) is 0. The molecule has 0 saturated heterocycles. The van der Waals surface area contributed by atoms with E-state index in [0.717, 1.165) is 21.9 Å². The van der Waals surface area contributed by atoms with Crippen LogP contribution in [0.25, 0.3) is 38.5 Å². The maximum atomic E-state index is 13.3. The second-order valence-corrected chi connectivity index (χ2v) is 6.99. The number of benzene rings is 4. The summed E-state index contributed by atoms with van der Waals surface area (Å²) in [5.41, 5.74) is 2.13. The summed E-state index contributed by atoms with van der Waals surface area (Å²) in [5.74, 6) is 0. The van der Waals surface area contributed by atoms with Gasteiger partial charge in [-0.15, -0.1) is 0 Å². The van der Waals surface area contributed by atoms with Gasteiger partial charge in [0.25, 0.3) is 5.56 Å². The zero-order valence-electron chi connectivity index (χ0n) is 15.8. The molecule has 0 aliphatic rings. The van der Waals surface area contributed by atoms with Crippen LogP contribution in [0.2, 0.25) is 0 Å². The molecule has 5 heteroatoms. The lowest BCUT2D eigenvalue weighted by atomic mass is 9.99. The quantitative estimate of drug-likeness (QED) is 0.487. The molecule has 0 fully saturated rings. The Balaban J connectivity index is 1.77. The molecular weight excluding hydrogens is 374 g/mol. The van der Waals surface area contributed by atoms with Gasteiger partial charge in [-0.3, -0.25) is 4.79 Å². The van der Waals surface area contributed by atoms with E-state index < -0.39 is 5.69 Å². The zero-order chi connectivity index (χ0) is 20.7. The number of nitrogens with zero attached hydrogens (tertiary/aromatic N) is 2.